The van der Waals surface area contributed by atoms with Gasteiger partial charge in [0.15, 0.2) is 6.04 Å². The molecule has 0 bridgehead atoms. The van der Waals surface area contributed by atoms with Crippen molar-refractivity contribution in [3.63, 3.8) is 0 Å². The highest BCUT2D eigenvalue weighted by molar-refractivity contribution is 5.72. The molecule has 1 aromatic heterocycles. The van der Waals surface area contributed by atoms with Gasteiger partial charge in [0.2, 0.25) is 6.21 Å². The largest absolute Gasteiger partial charge is 0.624 e. The van der Waals surface area contributed by atoms with E-state index in [1.54, 1.807) is 12.4 Å². The first-order valence-corrected chi connectivity index (χ1v) is 5.57. The molecule has 1 aliphatic rings. The van der Waals surface area contributed by atoms with Gasteiger partial charge in [0.1, 0.15) is 5.69 Å². The third-order valence-corrected chi connectivity index (χ3v) is 2.88. The molecule has 3 heteroatoms. The summed E-state index contributed by atoms with van der Waals surface area (Å²) in [4.78, 5) is 4.12. The Kier molecular flexibility index (Phi) is 3.33. The second kappa shape index (κ2) is 4.91. The zero-order valence-corrected chi connectivity index (χ0v) is 8.80. The van der Waals surface area contributed by atoms with Gasteiger partial charge in [-0.15, -0.1) is 0 Å². The quantitative estimate of drug-likeness (QED) is 0.321. The van der Waals surface area contributed by atoms with Crippen molar-refractivity contribution in [2.24, 2.45) is 0 Å². The first kappa shape index (κ1) is 10.1. The topological polar surface area (TPSA) is 39.0 Å². The lowest BCUT2D eigenvalue weighted by atomic mass is 9.96. The minimum atomic E-state index is 0.167. The summed E-state index contributed by atoms with van der Waals surface area (Å²) in [7, 11) is 0. The lowest BCUT2D eigenvalue weighted by molar-refractivity contribution is -0.500. The van der Waals surface area contributed by atoms with Crippen molar-refractivity contribution < 1.29 is 4.74 Å². The first-order valence-electron chi connectivity index (χ1n) is 5.57. The highest BCUT2D eigenvalue weighted by Gasteiger charge is 2.19. The molecule has 0 spiro atoms. The van der Waals surface area contributed by atoms with E-state index >= 15 is 0 Å². The minimum Gasteiger partial charge on any atom is -0.624 e. The predicted molar refractivity (Wildman–Crippen MR) is 59.9 cm³/mol. The molecule has 3 nitrogen and oxygen atoms in total. The SMILES string of the molecule is [O-]/[N+](=C\c1ccccn1)C1CCCCC1. The van der Waals surface area contributed by atoms with Crippen molar-refractivity contribution in [2.75, 3.05) is 0 Å². The van der Waals surface area contributed by atoms with Gasteiger partial charge in [0, 0.05) is 19.0 Å². The van der Waals surface area contributed by atoms with Crippen LogP contribution in [0.1, 0.15) is 37.8 Å². The van der Waals surface area contributed by atoms with Crippen molar-refractivity contribution in [1.82, 2.24) is 4.98 Å². The monoisotopic (exact) mass is 204 g/mol. The number of aromatic nitrogens is 1. The number of hydrogen-bond donors (Lipinski definition) is 0. The number of hydrogen-bond acceptors (Lipinski definition) is 2. The van der Waals surface area contributed by atoms with E-state index < -0.39 is 0 Å². The van der Waals surface area contributed by atoms with E-state index in [4.69, 9.17) is 0 Å². The van der Waals surface area contributed by atoms with Gasteiger partial charge in [-0.1, -0.05) is 12.5 Å². The van der Waals surface area contributed by atoms with E-state index in [1.165, 1.54) is 19.3 Å². The van der Waals surface area contributed by atoms with Gasteiger partial charge in [-0.2, -0.15) is 0 Å². The van der Waals surface area contributed by atoms with Gasteiger partial charge in [-0.05, 0) is 25.0 Å². The molecule has 0 N–H and O–H groups in total. The molecule has 1 aliphatic carbocycles. The average Bonchev–Trinajstić information content (AvgIpc) is 2.31. The molecule has 0 radical (unpaired) electrons. The maximum Gasteiger partial charge on any atom is 0.200 e. The van der Waals surface area contributed by atoms with E-state index in [0.717, 1.165) is 23.3 Å². The Labute approximate surface area is 90.1 Å². The fourth-order valence-corrected chi connectivity index (χ4v) is 2.02. The molecule has 1 heterocycles. The molecule has 80 valence electrons. The zero-order valence-electron chi connectivity index (χ0n) is 8.80. The standard InChI is InChI=1S/C12H16N2O/c15-14(12-7-2-1-3-8-12)10-11-6-4-5-9-13-11/h4-6,9-10,12H,1-3,7-8H2/b14-10-. The van der Waals surface area contributed by atoms with Crippen LogP contribution in [0, 0.1) is 5.21 Å². The van der Waals surface area contributed by atoms with Crippen LogP contribution in [0.5, 0.6) is 0 Å². The summed E-state index contributed by atoms with van der Waals surface area (Å²) in [6.07, 6.45) is 8.99. The molecule has 0 atom stereocenters. The molecule has 2 rings (SSSR count). The highest BCUT2D eigenvalue weighted by Crippen LogP contribution is 2.19. The molecule has 0 aromatic carbocycles. The van der Waals surface area contributed by atoms with Gasteiger partial charge < -0.3 is 5.21 Å². The van der Waals surface area contributed by atoms with Gasteiger partial charge in [0.25, 0.3) is 0 Å². The van der Waals surface area contributed by atoms with Crippen LogP contribution in [0.25, 0.3) is 0 Å². The fourth-order valence-electron chi connectivity index (χ4n) is 2.02. The Morgan fingerprint density at radius 3 is 2.73 bits per heavy atom. The molecule has 15 heavy (non-hydrogen) atoms. The summed E-state index contributed by atoms with van der Waals surface area (Å²) < 4.78 is 1.08. The Hall–Kier alpha value is -1.38. The third kappa shape index (κ3) is 2.78. The third-order valence-electron chi connectivity index (χ3n) is 2.88. The van der Waals surface area contributed by atoms with Crippen LogP contribution in [0.3, 0.4) is 0 Å². The molecule has 1 aromatic rings. The predicted octanol–water partition coefficient (Wildman–Crippen LogP) is 2.34. The van der Waals surface area contributed by atoms with Crippen molar-refractivity contribution in [1.29, 1.82) is 0 Å². The van der Waals surface area contributed by atoms with Crippen molar-refractivity contribution in [2.45, 2.75) is 38.1 Å². The van der Waals surface area contributed by atoms with Crippen LogP contribution in [0.4, 0.5) is 0 Å². The first-order chi connectivity index (χ1) is 7.36. The van der Waals surface area contributed by atoms with Gasteiger partial charge in [-0.3, -0.25) is 4.98 Å². The Morgan fingerprint density at radius 1 is 1.27 bits per heavy atom. The lowest BCUT2D eigenvalue weighted by Gasteiger charge is -2.20. The molecular weight excluding hydrogens is 188 g/mol. The van der Waals surface area contributed by atoms with Crippen molar-refractivity contribution in [3.8, 4) is 0 Å². The molecular formula is C12H16N2O. The lowest BCUT2D eigenvalue weighted by Crippen LogP contribution is -2.25. The molecule has 0 amide bonds. The summed E-state index contributed by atoms with van der Waals surface area (Å²) >= 11 is 0. The maximum absolute atomic E-state index is 11.8. The zero-order chi connectivity index (χ0) is 10.5. The van der Waals surface area contributed by atoms with Crippen LogP contribution in [-0.4, -0.2) is 22.0 Å². The second-order valence-corrected chi connectivity index (χ2v) is 4.04. The number of nitrogens with zero attached hydrogens (tertiary/aromatic N) is 2. The van der Waals surface area contributed by atoms with Gasteiger partial charge in [-0.25, -0.2) is 4.74 Å². The molecule has 0 aliphatic heterocycles. The minimum absolute atomic E-state index is 0.167. The highest BCUT2D eigenvalue weighted by atomic mass is 16.5. The van der Waals surface area contributed by atoms with Crippen LogP contribution < -0.4 is 0 Å². The summed E-state index contributed by atoms with van der Waals surface area (Å²) in [5, 5.41) is 11.8. The molecule has 0 unspecified atom stereocenters. The summed E-state index contributed by atoms with van der Waals surface area (Å²) in [6.45, 7) is 0. The van der Waals surface area contributed by atoms with Crippen LogP contribution in [0.2, 0.25) is 0 Å². The Bertz CT molecular complexity index is 329. The normalized spacial score (nSPS) is 19.1. The van der Waals surface area contributed by atoms with E-state index in [0.29, 0.717) is 0 Å². The summed E-state index contributed by atoms with van der Waals surface area (Å²) in [5.41, 5.74) is 0.748. The maximum atomic E-state index is 11.8. The fraction of sp³-hybridized carbons (Fsp3) is 0.500. The van der Waals surface area contributed by atoms with E-state index in [2.05, 4.69) is 4.98 Å². The summed E-state index contributed by atoms with van der Waals surface area (Å²) in [6, 6.07) is 5.77. The smallest absolute Gasteiger partial charge is 0.200 e. The van der Waals surface area contributed by atoms with Crippen LogP contribution in [0.15, 0.2) is 24.4 Å². The van der Waals surface area contributed by atoms with Crippen molar-refractivity contribution in [3.05, 3.63) is 35.3 Å². The van der Waals surface area contributed by atoms with Gasteiger partial charge >= 0.3 is 0 Å². The van der Waals surface area contributed by atoms with Crippen LogP contribution in [-0.2, 0) is 0 Å². The number of hydroxylamine groups is 1. The van der Waals surface area contributed by atoms with Crippen LogP contribution >= 0.6 is 0 Å². The second-order valence-electron chi connectivity index (χ2n) is 4.04. The van der Waals surface area contributed by atoms with E-state index in [9.17, 15) is 5.21 Å². The van der Waals surface area contributed by atoms with E-state index in [1.807, 2.05) is 18.2 Å². The molecule has 1 fully saturated rings. The average molecular weight is 204 g/mol. The Morgan fingerprint density at radius 2 is 2.07 bits per heavy atom. The number of pyridine rings is 1. The Balaban J connectivity index is 2.06. The molecule has 0 saturated heterocycles. The van der Waals surface area contributed by atoms with Gasteiger partial charge in [0.05, 0.1) is 0 Å². The summed E-state index contributed by atoms with van der Waals surface area (Å²) in [5.74, 6) is 0. The molecule has 1 saturated carbocycles. The van der Waals surface area contributed by atoms with Crippen molar-refractivity contribution >= 4 is 6.21 Å². The number of rotatable bonds is 2. The van der Waals surface area contributed by atoms with E-state index in [-0.39, 0.29) is 6.04 Å².